The van der Waals surface area contributed by atoms with Crippen LogP contribution in [0.3, 0.4) is 0 Å². The molecule has 0 spiro atoms. The van der Waals surface area contributed by atoms with Crippen LogP contribution in [0.2, 0.25) is 0 Å². The Hall–Kier alpha value is -5.66. The van der Waals surface area contributed by atoms with Crippen LogP contribution in [0.25, 0.3) is 0 Å². The van der Waals surface area contributed by atoms with Gasteiger partial charge in [-0.15, -0.1) is 0 Å². The first-order valence-electron chi connectivity index (χ1n) is 24.5. The second-order valence-corrected chi connectivity index (χ2v) is 18.1. The van der Waals surface area contributed by atoms with Gasteiger partial charge in [-0.05, 0) is 82.1 Å². The molecule has 71 heavy (non-hydrogen) atoms. The number of amides is 11. The number of hydroxylamine groups is 6. The van der Waals surface area contributed by atoms with E-state index in [0.29, 0.717) is 98.2 Å². The second-order valence-electron chi connectivity index (χ2n) is 17.1. The highest BCUT2D eigenvalue weighted by Gasteiger charge is 2.30. The monoisotopic (exact) mass is 1030 g/mol. The van der Waals surface area contributed by atoms with E-state index in [4.69, 9.17) is 0 Å². The molecule has 0 radical (unpaired) electrons. The Morgan fingerprint density at radius 3 is 1.45 bits per heavy atom. The van der Waals surface area contributed by atoms with E-state index in [1.165, 1.54) is 18.7 Å². The molecule has 24 nitrogen and oxygen atoms in total. The Labute approximate surface area is 420 Å². The fourth-order valence-electron chi connectivity index (χ4n) is 6.75. The number of rotatable bonds is 39. The van der Waals surface area contributed by atoms with E-state index >= 15 is 0 Å². The molecule has 0 saturated heterocycles. The van der Waals surface area contributed by atoms with Gasteiger partial charge in [0.2, 0.25) is 53.2 Å². The Morgan fingerprint density at radius 2 is 1.01 bits per heavy atom. The van der Waals surface area contributed by atoms with Crippen molar-refractivity contribution in [3.63, 3.8) is 0 Å². The van der Waals surface area contributed by atoms with Crippen molar-refractivity contribution in [2.75, 3.05) is 64.4 Å². The Morgan fingerprint density at radius 1 is 0.577 bits per heavy atom. The van der Waals surface area contributed by atoms with Crippen molar-refractivity contribution >= 4 is 76.7 Å². The maximum Gasteiger partial charge on any atom is 0.253 e. The van der Waals surface area contributed by atoms with Gasteiger partial charge >= 0.3 is 0 Å². The average Bonchev–Trinajstić information content (AvgIpc) is 3.67. The molecule has 11 amide bonds. The van der Waals surface area contributed by atoms with Gasteiger partial charge in [-0.25, -0.2) is 15.2 Å². The highest BCUT2D eigenvalue weighted by atomic mass is 32.2. The molecule has 0 saturated carbocycles. The second kappa shape index (κ2) is 37.2. The largest absolute Gasteiger partial charge is 0.356 e. The number of unbranched alkanes of at least 4 members (excludes halogenated alkanes) is 6. The predicted octanol–water partition coefficient (Wildman–Crippen LogP) is 0.670. The quantitative estimate of drug-likeness (QED) is 0.0177. The molecule has 0 bridgehead atoms. The van der Waals surface area contributed by atoms with E-state index < -0.39 is 59.3 Å². The van der Waals surface area contributed by atoms with Crippen molar-refractivity contribution in [1.82, 2.24) is 52.0 Å². The van der Waals surface area contributed by atoms with E-state index in [-0.39, 0.29) is 108 Å². The van der Waals surface area contributed by atoms with Gasteiger partial charge in [0.05, 0.1) is 0 Å². The lowest BCUT2D eigenvalue weighted by Gasteiger charge is -2.27. The fourth-order valence-corrected chi connectivity index (χ4v) is 7.22. The van der Waals surface area contributed by atoms with Crippen LogP contribution in [0.4, 0.5) is 0 Å². The lowest BCUT2D eigenvalue weighted by atomic mass is 9.97. The molecule has 0 aromatic carbocycles. The minimum atomic E-state index is -0.967. The van der Waals surface area contributed by atoms with E-state index in [1.807, 2.05) is 13.2 Å². The molecule has 1 rings (SSSR count). The first-order chi connectivity index (χ1) is 33.8. The Kier molecular flexibility index (Phi) is 33.2. The first kappa shape index (κ1) is 63.4. The minimum absolute atomic E-state index is 0.00845. The number of hydrogen-bond donors (Lipinski definition) is 9. The van der Waals surface area contributed by atoms with Crippen LogP contribution in [0, 0.1) is 5.92 Å². The maximum atomic E-state index is 13.4. The molecular formula is C46H78N10O14S. The molecule has 0 aromatic heterocycles. The van der Waals surface area contributed by atoms with Crippen LogP contribution < -0.4 is 31.9 Å². The van der Waals surface area contributed by atoms with Gasteiger partial charge in [0.25, 0.3) is 11.8 Å². The number of nitrogens with one attached hydrogen (secondary N) is 6. The highest BCUT2D eigenvalue weighted by Crippen LogP contribution is 2.11. The zero-order valence-electron chi connectivity index (χ0n) is 41.8. The van der Waals surface area contributed by atoms with Crippen LogP contribution in [-0.4, -0.2) is 177 Å². The molecule has 3 atom stereocenters. The van der Waals surface area contributed by atoms with Crippen molar-refractivity contribution in [2.45, 2.75) is 142 Å². The van der Waals surface area contributed by atoms with Crippen molar-refractivity contribution in [3.8, 4) is 0 Å². The molecule has 0 aliphatic carbocycles. The van der Waals surface area contributed by atoms with Gasteiger partial charge in [-0.3, -0.25) is 73.3 Å². The number of carbonyl (C=O) groups is 11. The number of hydrogen-bond acceptors (Lipinski definition) is 15. The molecule has 0 aromatic rings. The summed E-state index contributed by atoms with van der Waals surface area (Å²) in [7, 11) is 0. The lowest BCUT2D eigenvalue weighted by molar-refractivity contribution is -0.166. The van der Waals surface area contributed by atoms with E-state index in [0.717, 1.165) is 17.1 Å². The Bertz CT molecular complexity index is 1770. The van der Waals surface area contributed by atoms with Crippen LogP contribution in [0.5, 0.6) is 0 Å². The van der Waals surface area contributed by atoms with Gasteiger partial charge < -0.3 is 31.9 Å². The van der Waals surface area contributed by atoms with Gasteiger partial charge in [-0.2, -0.15) is 11.8 Å². The van der Waals surface area contributed by atoms with Crippen LogP contribution >= 0.6 is 11.8 Å². The summed E-state index contributed by atoms with van der Waals surface area (Å²) in [5, 5.41) is 47.4. The summed E-state index contributed by atoms with van der Waals surface area (Å²) >= 11 is 1.47. The normalized spacial score (nSPS) is 13.1. The van der Waals surface area contributed by atoms with Crippen molar-refractivity contribution in [1.29, 1.82) is 0 Å². The molecule has 25 heteroatoms. The van der Waals surface area contributed by atoms with Crippen molar-refractivity contribution in [3.05, 3.63) is 12.2 Å². The average molecular weight is 1030 g/mol. The molecule has 1 heterocycles. The molecule has 9 N–H and O–H groups in total. The van der Waals surface area contributed by atoms with Crippen molar-refractivity contribution in [2.24, 2.45) is 5.92 Å². The predicted molar refractivity (Wildman–Crippen MR) is 260 cm³/mol. The smallest absolute Gasteiger partial charge is 0.253 e. The van der Waals surface area contributed by atoms with Gasteiger partial charge in [0.1, 0.15) is 12.1 Å². The zero-order valence-corrected chi connectivity index (χ0v) is 42.6. The third kappa shape index (κ3) is 28.7. The number of nitrogens with zero attached hydrogens (tertiary/aromatic N) is 4. The molecular weight excluding hydrogens is 949 g/mol. The number of thioether (sulfide) groups is 1. The van der Waals surface area contributed by atoms with Gasteiger partial charge in [0.15, 0.2) is 0 Å². The van der Waals surface area contributed by atoms with Gasteiger partial charge in [0, 0.05) is 110 Å². The minimum Gasteiger partial charge on any atom is -0.356 e. The molecule has 0 unspecified atom stereocenters. The molecule has 1 aliphatic heterocycles. The highest BCUT2D eigenvalue weighted by molar-refractivity contribution is 7.98. The first-order valence-corrected chi connectivity index (χ1v) is 25.9. The standard InChI is InChI=1S/C46H78N10O14S/c1-5-33(2)44(46(67)50-27-31-53-40(62)21-22-41(53)63)52-45(66)35(23-32-71-4)51-39(61)16-15-36(58)47-24-10-7-13-29-55(69)43(65)20-18-38(60)49-26-11-8-14-30-56(70)42(64)19-17-37(59)48-25-9-6-12-28-54(68)34(3)57/h21-22,33,35,44,68-70H,5-20,23-32H2,1-4H3,(H,47,58)(H,48,59)(H,49,60)(H,50,67)(H,51,61)(H,52,66)/t33-,35-,44-/m0/s1. The molecule has 0 fully saturated rings. The molecule has 1 aliphatic rings. The fraction of sp³-hybridized carbons (Fsp3) is 0.717. The summed E-state index contributed by atoms with van der Waals surface area (Å²) in [5.74, 6) is -5.01. The maximum absolute atomic E-state index is 13.4. The summed E-state index contributed by atoms with van der Waals surface area (Å²) < 4.78 is 0. The molecule has 402 valence electrons. The zero-order chi connectivity index (χ0) is 53.1. The third-order valence-electron chi connectivity index (χ3n) is 11.3. The van der Waals surface area contributed by atoms with Crippen LogP contribution in [-0.2, 0) is 52.7 Å². The SMILES string of the molecule is CC[C@H](C)[C@H](NC(=O)[C@H](CCSC)NC(=O)CCC(=O)NCCCCCN(O)C(=O)CCC(=O)NCCCCCN(O)C(=O)CCC(=O)NCCCCCN(O)C(C)=O)C(=O)NCCN1C(=O)C=CC1=O. The van der Waals surface area contributed by atoms with E-state index in [1.54, 1.807) is 6.92 Å². The van der Waals surface area contributed by atoms with Crippen molar-refractivity contribution < 1.29 is 68.4 Å². The summed E-state index contributed by atoms with van der Waals surface area (Å²) in [5.41, 5.74) is 0. The summed E-state index contributed by atoms with van der Waals surface area (Å²) in [6.45, 7) is 6.14. The summed E-state index contributed by atoms with van der Waals surface area (Å²) in [4.78, 5) is 136. The topological polar surface area (TPSA) is 334 Å². The van der Waals surface area contributed by atoms with E-state index in [9.17, 15) is 68.4 Å². The summed E-state index contributed by atoms with van der Waals surface area (Å²) in [6, 6.07) is -1.91. The third-order valence-corrected chi connectivity index (χ3v) is 12.0. The van der Waals surface area contributed by atoms with Crippen LogP contribution in [0.15, 0.2) is 12.2 Å². The Balaban J connectivity index is 2.22. The lowest BCUT2D eigenvalue weighted by Crippen LogP contribution is -2.56. The van der Waals surface area contributed by atoms with Gasteiger partial charge in [-0.1, -0.05) is 20.3 Å². The van der Waals surface area contributed by atoms with Crippen LogP contribution in [0.1, 0.15) is 130 Å². The van der Waals surface area contributed by atoms with E-state index in [2.05, 4.69) is 31.9 Å². The summed E-state index contributed by atoms with van der Waals surface area (Å²) in [6.07, 6.45) is 9.07. The number of carbonyl (C=O) groups excluding carboxylic acids is 11. The number of imide groups is 1.